The van der Waals surface area contributed by atoms with Crippen LogP contribution in [0, 0.1) is 0 Å². The summed E-state index contributed by atoms with van der Waals surface area (Å²) in [7, 11) is -4.03. The Bertz CT molecular complexity index is 523. The maximum Gasteiger partial charge on any atom is 0.453 e. The lowest BCUT2D eigenvalue weighted by atomic mass is 10.1. The Morgan fingerprint density at radius 2 is 1.50 bits per heavy atom. The SMILES string of the molecule is COC(=O)C(CCCC(F)(F)C(F)(F)F)S(=O)(=O)CCC(F)(F)F. The molecular formula is C11H14F8O4S. The highest BCUT2D eigenvalue weighted by atomic mass is 32.2. The zero-order chi connectivity index (χ0) is 19.4. The molecule has 1 unspecified atom stereocenters. The van der Waals surface area contributed by atoms with Gasteiger partial charge in [-0.3, -0.25) is 4.79 Å². The van der Waals surface area contributed by atoms with Crippen molar-refractivity contribution in [3.8, 4) is 0 Å². The summed E-state index contributed by atoms with van der Waals surface area (Å²) in [4.78, 5) is 11.3. The van der Waals surface area contributed by atoms with Gasteiger partial charge in [0, 0.05) is 6.42 Å². The summed E-state index contributed by atoms with van der Waals surface area (Å²) >= 11 is 0. The van der Waals surface area contributed by atoms with E-state index in [9.17, 15) is 48.3 Å². The highest BCUT2D eigenvalue weighted by Gasteiger charge is 2.56. The molecule has 0 N–H and O–H groups in total. The van der Waals surface area contributed by atoms with Gasteiger partial charge in [-0.15, -0.1) is 0 Å². The van der Waals surface area contributed by atoms with Crippen LogP contribution in [0.5, 0.6) is 0 Å². The van der Waals surface area contributed by atoms with E-state index in [1.165, 1.54) is 0 Å². The number of ether oxygens (including phenoxy) is 1. The first-order valence-electron chi connectivity index (χ1n) is 6.34. The minimum Gasteiger partial charge on any atom is -0.468 e. The van der Waals surface area contributed by atoms with Crippen molar-refractivity contribution in [2.45, 2.75) is 49.2 Å². The molecule has 0 spiro atoms. The predicted molar refractivity (Wildman–Crippen MR) is 65.1 cm³/mol. The number of hydrogen-bond donors (Lipinski definition) is 0. The van der Waals surface area contributed by atoms with Crippen molar-refractivity contribution in [1.82, 2.24) is 0 Å². The first kappa shape index (κ1) is 22.9. The molecule has 13 heteroatoms. The lowest BCUT2D eigenvalue weighted by molar-refractivity contribution is -0.284. The number of sulfone groups is 1. The lowest BCUT2D eigenvalue weighted by Crippen LogP contribution is -2.38. The fourth-order valence-electron chi connectivity index (χ4n) is 1.63. The summed E-state index contributed by atoms with van der Waals surface area (Å²) in [5, 5.41) is -2.24. The number of halogens is 8. The van der Waals surface area contributed by atoms with E-state index in [0.717, 1.165) is 0 Å². The number of carbonyl (C=O) groups is 1. The van der Waals surface area contributed by atoms with Gasteiger partial charge in [-0.1, -0.05) is 0 Å². The van der Waals surface area contributed by atoms with Gasteiger partial charge in [-0.05, 0) is 12.8 Å². The van der Waals surface area contributed by atoms with Crippen molar-refractivity contribution in [3.63, 3.8) is 0 Å². The summed E-state index contributed by atoms with van der Waals surface area (Å²) in [5.41, 5.74) is 0. The van der Waals surface area contributed by atoms with E-state index < -0.39 is 70.8 Å². The highest BCUT2D eigenvalue weighted by molar-refractivity contribution is 7.92. The molecule has 24 heavy (non-hydrogen) atoms. The molecule has 0 saturated carbocycles. The van der Waals surface area contributed by atoms with Gasteiger partial charge in [0.25, 0.3) is 0 Å². The smallest absolute Gasteiger partial charge is 0.453 e. The standard InChI is InChI=1S/C11H14F8O4S/c1-23-8(20)7(24(21,22)6-5-10(14,15)16)3-2-4-9(12,13)11(17,18)19/h7H,2-6H2,1H3. The maximum atomic E-state index is 12.7. The highest BCUT2D eigenvalue weighted by Crippen LogP contribution is 2.39. The number of methoxy groups -OCH3 is 1. The van der Waals surface area contributed by atoms with Crippen LogP contribution in [0.25, 0.3) is 0 Å². The summed E-state index contributed by atoms with van der Waals surface area (Å²) in [5.74, 6) is -8.14. The Hall–Kier alpha value is -1.14. The minimum absolute atomic E-state index is 0.707. The van der Waals surface area contributed by atoms with E-state index >= 15 is 0 Å². The van der Waals surface area contributed by atoms with E-state index in [1.54, 1.807) is 0 Å². The van der Waals surface area contributed by atoms with Crippen LogP contribution in [-0.4, -0.2) is 50.8 Å². The monoisotopic (exact) mass is 394 g/mol. The van der Waals surface area contributed by atoms with Crippen molar-refractivity contribution < 1.29 is 53.1 Å². The van der Waals surface area contributed by atoms with Crippen LogP contribution in [0.1, 0.15) is 25.7 Å². The number of carbonyl (C=O) groups excluding carboxylic acids is 1. The van der Waals surface area contributed by atoms with Gasteiger partial charge in [-0.25, -0.2) is 8.42 Å². The molecule has 144 valence electrons. The molecule has 0 bridgehead atoms. The Kier molecular flexibility index (Phi) is 7.46. The molecule has 1 atom stereocenters. The minimum atomic E-state index is -5.86. The lowest BCUT2D eigenvalue weighted by Gasteiger charge is -2.21. The topological polar surface area (TPSA) is 60.4 Å². The molecule has 0 aliphatic heterocycles. The van der Waals surface area contributed by atoms with E-state index in [2.05, 4.69) is 4.74 Å². The molecular weight excluding hydrogens is 380 g/mol. The average Bonchev–Trinajstić information content (AvgIpc) is 2.38. The maximum absolute atomic E-state index is 12.7. The van der Waals surface area contributed by atoms with Gasteiger partial charge in [-0.2, -0.15) is 35.1 Å². The van der Waals surface area contributed by atoms with Crippen LogP contribution in [-0.2, 0) is 19.4 Å². The Balaban J connectivity index is 5.02. The fourth-order valence-corrected chi connectivity index (χ4v) is 3.34. The molecule has 0 aromatic carbocycles. The van der Waals surface area contributed by atoms with Crippen LogP contribution < -0.4 is 0 Å². The van der Waals surface area contributed by atoms with Crippen molar-refractivity contribution in [1.29, 1.82) is 0 Å². The fraction of sp³-hybridized carbons (Fsp3) is 0.909. The molecule has 0 heterocycles. The first-order valence-corrected chi connectivity index (χ1v) is 8.06. The molecule has 0 aromatic heterocycles. The van der Waals surface area contributed by atoms with Crippen LogP contribution in [0.2, 0.25) is 0 Å². The van der Waals surface area contributed by atoms with E-state index in [4.69, 9.17) is 0 Å². The molecule has 0 aromatic rings. The van der Waals surface area contributed by atoms with E-state index in [1.807, 2.05) is 0 Å². The second kappa shape index (κ2) is 7.83. The zero-order valence-corrected chi connectivity index (χ0v) is 13.0. The average molecular weight is 394 g/mol. The second-order valence-corrected chi connectivity index (χ2v) is 7.14. The summed E-state index contributed by atoms with van der Waals surface area (Å²) in [6.45, 7) is 0. The molecule has 0 aliphatic rings. The van der Waals surface area contributed by atoms with Gasteiger partial charge < -0.3 is 4.74 Å². The molecule has 0 saturated heterocycles. The number of rotatable bonds is 8. The third-order valence-electron chi connectivity index (χ3n) is 2.94. The second-order valence-electron chi connectivity index (χ2n) is 4.84. The molecule has 0 amide bonds. The van der Waals surface area contributed by atoms with Crippen molar-refractivity contribution in [2.24, 2.45) is 0 Å². The molecule has 0 fully saturated rings. The Labute approximate surface area is 132 Å². The molecule has 4 nitrogen and oxygen atoms in total. The van der Waals surface area contributed by atoms with Gasteiger partial charge in [0.2, 0.25) is 0 Å². The third kappa shape index (κ3) is 7.18. The normalized spacial score (nSPS) is 15.2. The van der Waals surface area contributed by atoms with Crippen LogP contribution in [0.15, 0.2) is 0 Å². The molecule has 0 aliphatic carbocycles. The zero-order valence-electron chi connectivity index (χ0n) is 12.2. The number of hydrogen-bond acceptors (Lipinski definition) is 4. The van der Waals surface area contributed by atoms with Gasteiger partial charge in [0.1, 0.15) is 0 Å². The van der Waals surface area contributed by atoms with Crippen LogP contribution in [0.4, 0.5) is 35.1 Å². The Morgan fingerprint density at radius 1 is 1.00 bits per heavy atom. The summed E-state index contributed by atoms with van der Waals surface area (Å²) in [6.07, 6.45) is -16.4. The van der Waals surface area contributed by atoms with Crippen molar-refractivity contribution >= 4 is 15.8 Å². The number of alkyl halides is 8. The largest absolute Gasteiger partial charge is 0.468 e. The summed E-state index contributed by atoms with van der Waals surface area (Å²) < 4.78 is 125. The quantitative estimate of drug-likeness (QED) is 0.468. The van der Waals surface area contributed by atoms with E-state index in [-0.39, 0.29) is 0 Å². The van der Waals surface area contributed by atoms with Gasteiger partial charge in [0.05, 0.1) is 19.3 Å². The molecule has 0 rings (SSSR count). The predicted octanol–water partition coefficient (Wildman–Crippen LogP) is 3.26. The Morgan fingerprint density at radius 3 is 1.88 bits per heavy atom. The van der Waals surface area contributed by atoms with Crippen molar-refractivity contribution in [2.75, 3.05) is 12.9 Å². The number of esters is 1. The van der Waals surface area contributed by atoms with Crippen LogP contribution >= 0.6 is 0 Å². The van der Waals surface area contributed by atoms with Crippen molar-refractivity contribution in [3.05, 3.63) is 0 Å². The first-order chi connectivity index (χ1) is 10.5. The molecule has 0 radical (unpaired) electrons. The van der Waals surface area contributed by atoms with Crippen LogP contribution in [0.3, 0.4) is 0 Å². The van der Waals surface area contributed by atoms with E-state index in [0.29, 0.717) is 7.11 Å². The van der Waals surface area contributed by atoms with Gasteiger partial charge in [0.15, 0.2) is 15.1 Å². The van der Waals surface area contributed by atoms with Gasteiger partial charge >= 0.3 is 24.2 Å². The third-order valence-corrected chi connectivity index (χ3v) is 5.01. The summed E-state index contributed by atoms with van der Waals surface area (Å²) in [6, 6.07) is 0.